The van der Waals surface area contributed by atoms with E-state index in [0.717, 1.165) is 38.5 Å². The number of hydrogen-bond donors (Lipinski definition) is 6. The zero-order valence-corrected chi connectivity index (χ0v) is 28.1. The van der Waals surface area contributed by atoms with Gasteiger partial charge in [0.15, 0.2) is 0 Å². The second-order valence-corrected chi connectivity index (χ2v) is 14.8. The first kappa shape index (κ1) is 36.9. The number of carbonyl (C=O) groups is 4. The molecule has 4 atom stereocenters. The fraction of sp³-hybridized carbons (Fsp3) is 0.879. The molecule has 0 bridgehead atoms. The SMILES string of the molecule is CC(C)C[C@H](NC(=O)N1CCC(NC(=O)OC(C)(C)C)CC1)C(=O)NCCC(=O)N[C@@H](CC1CCCCC1)[C@@H](O)[C@@H](O)C1CC1. The maximum atomic E-state index is 13.1. The number of ether oxygens (including phenoxy) is 1. The van der Waals surface area contributed by atoms with E-state index >= 15 is 0 Å². The molecule has 3 aliphatic rings. The summed E-state index contributed by atoms with van der Waals surface area (Å²) < 4.78 is 5.32. The first-order valence-electron chi connectivity index (χ1n) is 17.2. The van der Waals surface area contributed by atoms with Gasteiger partial charge in [-0.3, -0.25) is 9.59 Å². The minimum Gasteiger partial charge on any atom is -0.444 e. The molecule has 0 radical (unpaired) electrons. The molecule has 0 aromatic rings. The third kappa shape index (κ3) is 13.3. The van der Waals surface area contributed by atoms with Crippen LogP contribution in [0, 0.1) is 17.8 Å². The minimum atomic E-state index is -1.01. The van der Waals surface area contributed by atoms with Crippen LogP contribution in [-0.4, -0.2) is 94.6 Å². The summed E-state index contributed by atoms with van der Waals surface area (Å²) in [6.45, 7) is 10.3. The Hall–Kier alpha value is -2.60. The molecule has 0 unspecified atom stereocenters. The summed E-state index contributed by atoms with van der Waals surface area (Å²) >= 11 is 0. The summed E-state index contributed by atoms with van der Waals surface area (Å²) in [6.07, 6.45) is 7.38. The predicted molar refractivity (Wildman–Crippen MR) is 171 cm³/mol. The van der Waals surface area contributed by atoms with E-state index in [4.69, 9.17) is 4.74 Å². The van der Waals surface area contributed by atoms with Crippen molar-refractivity contribution in [3.05, 3.63) is 0 Å². The molecule has 12 heteroatoms. The normalized spacial score (nSPS) is 20.9. The molecule has 258 valence electrons. The molecule has 1 saturated heterocycles. The van der Waals surface area contributed by atoms with Crippen LogP contribution in [0.1, 0.15) is 112 Å². The summed E-state index contributed by atoms with van der Waals surface area (Å²) in [6, 6.07) is -1.71. The second kappa shape index (κ2) is 17.4. The zero-order chi connectivity index (χ0) is 33.1. The summed E-state index contributed by atoms with van der Waals surface area (Å²) in [5.41, 5.74) is -0.584. The lowest BCUT2D eigenvalue weighted by molar-refractivity contribution is -0.125. The van der Waals surface area contributed by atoms with Gasteiger partial charge in [0.1, 0.15) is 17.7 Å². The van der Waals surface area contributed by atoms with Gasteiger partial charge in [0.2, 0.25) is 11.8 Å². The lowest BCUT2D eigenvalue weighted by atomic mass is 9.82. The van der Waals surface area contributed by atoms with E-state index in [1.807, 2.05) is 13.8 Å². The van der Waals surface area contributed by atoms with E-state index < -0.39 is 36.0 Å². The number of aliphatic hydroxyl groups excluding tert-OH is 2. The van der Waals surface area contributed by atoms with Crippen molar-refractivity contribution in [3.63, 3.8) is 0 Å². The number of piperidine rings is 1. The van der Waals surface area contributed by atoms with Gasteiger partial charge in [-0.1, -0.05) is 46.0 Å². The van der Waals surface area contributed by atoms with E-state index in [1.165, 1.54) is 6.42 Å². The highest BCUT2D eigenvalue weighted by atomic mass is 16.6. The number of amides is 5. The van der Waals surface area contributed by atoms with E-state index in [2.05, 4.69) is 21.3 Å². The molecular formula is C33H59N5O7. The zero-order valence-electron chi connectivity index (χ0n) is 28.1. The molecule has 45 heavy (non-hydrogen) atoms. The van der Waals surface area contributed by atoms with Gasteiger partial charge in [-0.05, 0) is 77.0 Å². The maximum absolute atomic E-state index is 13.1. The van der Waals surface area contributed by atoms with E-state index in [1.54, 1.807) is 25.7 Å². The third-order valence-electron chi connectivity index (χ3n) is 9.00. The molecular weight excluding hydrogens is 578 g/mol. The Morgan fingerprint density at radius 3 is 2.13 bits per heavy atom. The van der Waals surface area contributed by atoms with Gasteiger partial charge >= 0.3 is 12.1 Å². The molecule has 0 spiro atoms. The van der Waals surface area contributed by atoms with Crippen LogP contribution in [0.25, 0.3) is 0 Å². The first-order chi connectivity index (χ1) is 21.2. The van der Waals surface area contributed by atoms with Crippen molar-refractivity contribution in [1.82, 2.24) is 26.2 Å². The van der Waals surface area contributed by atoms with Crippen LogP contribution in [-0.2, 0) is 14.3 Å². The van der Waals surface area contributed by atoms with Gasteiger partial charge in [-0.15, -0.1) is 0 Å². The highest BCUT2D eigenvalue weighted by Crippen LogP contribution is 2.36. The number of likely N-dealkylation sites (tertiary alicyclic amines) is 1. The Morgan fingerprint density at radius 1 is 0.911 bits per heavy atom. The minimum absolute atomic E-state index is 0.0274. The quantitative estimate of drug-likeness (QED) is 0.170. The Bertz CT molecular complexity index is 969. The van der Waals surface area contributed by atoms with Gasteiger partial charge in [0, 0.05) is 32.1 Å². The Labute approximate surface area is 269 Å². The van der Waals surface area contributed by atoms with E-state index in [-0.39, 0.29) is 48.7 Å². The van der Waals surface area contributed by atoms with Gasteiger partial charge < -0.3 is 41.1 Å². The van der Waals surface area contributed by atoms with Crippen LogP contribution in [0.2, 0.25) is 0 Å². The molecule has 3 rings (SSSR count). The fourth-order valence-electron chi connectivity index (χ4n) is 6.37. The molecule has 2 saturated carbocycles. The monoisotopic (exact) mass is 637 g/mol. The van der Waals surface area contributed by atoms with Crippen molar-refractivity contribution < 1.29 is 34.1 Å². The smallest absolute Gasteiger partial charge is 0.407 e. The average molecular weight is 638 g/mol. The first-order valence-corrected chi connectivity index (χ1v) is 17.2. The highest BCUT2D eigenvalue weighted by molar-refractivity contribution is 5.87. The van der Waals surface area contributed by atoms with E-state index in [9.17, 15) is 29.4 Å². The van der Waals surface area contributed by atoms with Crippen LogP contribution in [0.15, 0.2) is 0 Å². The Balaban J connectivity index is 1.45. The van der Waals surface area contributed by atoms with Crippen molar-refractivity contribution in [2.75, 3.05) is 19.6 Å². The molecule has 3 fully saturated rings. The summed E-state index contributed by atoms with van der Waals surface area (Å²) in [4.78, 5) is 52.8. The number of nitrogens with one attached hydrogen (secondary N) is 4. The summed E-state index contributed by atoms with van der Waals surface area (Å²) in [5, 5.41) is 33.0. The van der Waals surface area contributed by atoms with Crippen molar-refractivity contribution in [2.24, 2.45) is 17.8 Å². The topological polar surface area (TPSA) is 169 Å². The average Bonchev–Trinajstić information content (AvgIpc) is 3.81. The van der Waals surface area contributed by atoms with Crippen LogP contribution >= 0.6 is 0 Å². The van der Waals surface area contributed by atoms with Crippen LogP contribution in [0.4, 0.5) is 9.59 Å². The summed E-state index contributed by atoms with van der Waals surface area (Å²) in [5.74, 6) is 0.0171. The molecule has 0 aromatic carbocycles. The fourth-order valence-corrected chi connectivity index (χ4v) is 6.37. The number of aliphatic hydroxyl groups is 2. The van der Waals surface area contributed by atoms with Crippen LogP contribution < -0.4 is 21.3 Å². The van der Waals surface area contributed by atoms with Gasteiger partial charge in [-0.25, -0.2) is 9.59 Å². The lowest BCUT2D eigenvalue weighted by Gasteiger charge is -2.34. The standard InChI is InChI=1S/C33H59N5O7/c1-21(2)19-26(37-31(43)38-17-14-24(15-18-38)35-32(44)45-33(3,4)5)30(42)34-16-13-27(39)36-25(20-22-9-7-6-8-10-22)29(41)28(40)23-11-12-23/h21-26,28-29,40-41H,6-20H2,1-5H3,(H,34,42)(H,35,44)(H,36,39)(H,37,43)/t25-,26-,28-,29+/m0/s1. The Kier molecular flexibility index (Phi) is 14.2. The molecule has 12 nitrogen and oxygen atoms in total. The van der Waals surface area contributed by atoms with Crippen molar-refractivity contribution in [2.45, 2.75) is 148 Å². The maximum Gasteiger partial charge on any atom is 0.407 e. The highest BCUT2D eigenvalue weighted by Gasteiger charge is 2.39. The van der Waals surface area contributed by atoms with Gasteiger partial charge in [0.25, 0.3) is 0 Å². The lowest BCUT2D eigenvalue weighted by Crippen LogP contribution is -2.55. The summed E-state index contributed by atoms with van der Waals surface area (Å²) in [7, 11) is 0. The second-order valence-electron chi connectivity index (χ2n) is 14.8. The van der Waals surface area contributed by atoms with E-state index in [0.29, 0.717) is 44.7 Å². The largest absolute Gasteiger partial charge is 0.444 e. The number of carbonyl (C=O) groups excluding carboxylic acids is 4. The molecule has 5 amide bonds. The number of hydrogen-bond acceptors (Lipinski definition) is 7. The molecule has 2 aliphatic carbocycles. The number of urea groups is 1. The van der Waals surface area contributed by atoms with Crippen LogP contribution in [0.3, 0.4) is 0 Å². The van der Waals surface area contributed by atoms with Crippen molar-refractivity contribution in [3.8, 4) is 0 Å². The number of nitrogens with zero attached hydrogens (tertiary/aromatic N) is 1. The van der Waals surface area contributed by atoms with Gasteiger partial charge in [-0.2, -0.15) is 0 Å². The van der Waals surface area contributed by atoms with Crippen LogP contribution in [0.5, 0.6) is 0 Å². The third-order valence-corrected chi connectivity index (χ3v) is 9.00. The Morgan fingerprint density at radius 2 is 1.56 bits per heavy atom. The van der Waals surface area contributed by atoms with Gasteiger partial charge in [0.05, 0.1) is 12.1 Å². The molecule has 1 aliphatic heterocycles. The molecule has 6 N–H and O–H groups in total. The molecule has 1 heterocycles. The number of alkyl carbamates (subject to hydrolysis) is 1. The van der Waals surface area contributed by atoms with Crippen molar-refractivity contribution >= 4 is 23.9 Å². The van der Waals surface area contributed by atoms with Crippen molar-refractivity contribution in [1.29, 1.82) is 0 Å². The molecule has 0 aromatic heterocycles. The number of rotatable bonds is 14. The predicted octanol–water partition coefficient (Wildman–Crippen LogP) is 3.19.